The SMILES string of the molecule is Cc1ccc(OCC(N)C2CCOC2)c(Cl)c1. The molecule has 0 saturated carbocycles. The lowest BCUT2D eigenvalue weighted by atomic mass is 10.0. The average Bonchev–Trinajstić information content (AvgIpc) is 2.81. The zero-order valence-corrected chi connectivity index (χ0v) is 10.7. The molecule has 2 rings (SSSR count). The predicted octanol–water partition coefficient (Wildman–Crippen LogP) is 2.39. The van der Waals surface area contributed by atoms with Crippen molar-refractivity contribution < 1.29 is 9.47 Å². The third kappa shape index (κ3) is 3.35. The molecule has 0 amide bonds. The van der Waals surface area contributed by atoms with Gasteiger partial charge in [0.2, 0.25) is 0 Å². The second-order valence-corrected chi connectivity index (χ2v) is 4.94. The Bertz CT molecular complexity index is 378. The number of benzene rings is 1. The molecule has 1 aliphatic heterocycles. The van der Waals surface area contributed by atoms with E-state index >= 15 is 0 Å². The van der Waals surface area contributed by atoms with E-state index in [-0.39, 0.29) is 6.04 Å². The molecule has 2 N–H and O–H groups in total. The van der Waals surface area contributed by atoms with Crippen LogP contribution in [-0.2, 0) is 4.74 Å². The van der Waals surface area contributed by atoms with Gasteiger partial charge in [0.15, 0.2) is 0 Å². The zero-order chi connectivity index (χ0) is 12.3. The Hall–Kier alpha value is -0.770. The maximum Gasteiger partial charge on any atom is 0.137 e. The van der Waals surface area contributed by atoms with Crippen LogP contribution in [0.15, 0.2) is 18.2 Å². The van der Waals surface area contributed by atoms with E-state index in [4.69, 9.17) is 26.8 Å². The van der Waals surface area contributed by atoms with Crippen molar-refractivity contribution in [1.29, 1.82) is 0 Å². The third-order valence-corrected chi connectivity index (χ3v) is 3.38. The molecule has 4 heteroatoms. The number of aryl methyl sites for hydroxylation is 1. The Balaban J connectivity index is 1.88. The number of hydrogen-bond donors (Lipinski definition) is 1. The van der Waals surface area contributed by atoms with Gasteiger partial charge in [0, 0.05) is 18.6 Å². The molecule has 1 aromatic carbocycles. The first-order chi connectivity index (χ1) is 8.16. The van der Waals surface area contributed by atoms with E-state index in [1.165, 1.54) is 0 Å². The summed E-state index contributed by atoms with van der Waals surface area (Å²) in [6, 6.07) is 5.76. The van der Waals surface area contributed by atoms with Crippen molar-refractivity contribution in [2.45, 2.75) is 19.4 Å². The molecule has 0 aromatic heterocycles. The summed E-state index contributed by atoms with van der Waals surface area (Å²) in [7, 11) is 0. The molecule has 0 radical (unpaired) electrons. The third-order valence-electron chi connectivity index (χ3n) is 3.09. The quantitative estimate of drug-likeness (QED) is 0.899. The van der Waals surface area contributed by atoms with E-state index in [9.17, 15) is 0 Å². The molecule has 0 bridgehead atoms. The van der Waals surface area contributed by atoms with Gasteiger partial charge in [0.1, 0.15) is 12.4 Å². The molecule has 3 nitrogen and oxygen atoms in total. The lowest BCUT2D eigenvalue weighted by Gasteiger charge is -2.18. The van der Waals surface area contributed by atoms with Crippen LogP contribution in [0.1, 0.15) is 12.0 Å². The fourth-order valence-corrected chi connectivity index (χ4v) is 2.23. The lowest BCUT2D eigenvalue weighted by molar-refractivity contribution is 0.170. The van der Waals surface area contributed by atoms with Crippen LogP contribution in [0.4, 0.5) is 0 Å². The molecule has 1 fully saturated rings. The summed E-state index contributed by atoms with van der Waals surface area (Å²) >= 11 is 6.08. The maximum atomic E-state index is 6.08. The van der Waals surface area contributed by atoms with E-state index in [2.05, 4.69) is 0 Å². The van der Waals surface area contributed by atoms with Crippen molar-refractivity contribution in [3.8, 4) is 5.75 Å². The summed E-state index contributed by atoms with van der Waals surface area (Å²) in [5, 5.41) is 0.639. The fourth-order valence-electron chi connectivity index (χ4n) is 1.94. The van der Waals surface area contributed by atoms with Gasteiger partial charge in [-0.25, -0.2) is 0 Å². The molecule has 1 aromatic rings. The van der Waals surface area contributed by atoms with Gasteiger partial charge in [0.05, 0.1) is 11.6 Å². The van der Waals surface area contributed by atoms with Crippen LogP contribution < -0.4 is 10.5 Å². The van der Waals surface area contributed by atoms with Gasteiger partial charge in [-0.1, -0.05) is 17.7 Å². The molecule has 17 heavy (non-hydrogen) atoms. The first kappa shape index (κ1) is 12.7. The molecule has 1 heterocycles. The summed E-state index contributed by atoms with van der Waals surface area (Å²) in [4.78, 5) is 0. The van der Waals surface area contributed by atoms with E-state index in [0.29, 0.717) is 23.3 Å². The van der Waals surface area contributed by atoms with Crippen molar-refractivity contribution in [3.05, 3.63) is 28.8 Å². The second kappa shape index (κ2) is 5.71. The minimum atomic E-state index is 0.00914. The molecular formula is C13H18ClNO2. The van der Waals surface area contributed by atoms with Crippen LogP contribution in [0, 0.1) is 12.8 Å². The number of halogens is 1. The number of hydrogen-bond acceptors (Lipinski definition) is 3. The lowest BCUT2D eigenvalue weighted by Crippen LogP contribution is -2.36. The zero-order valence-electron chi connectivity index (χ0n) is 9.99. The predicted molar refractivity (Wildman–Crippen MR) is 68.6 cm³/mol. The molecule has 2 unspecified atom stereocenters. The summed E-state index contributed by atoms with van der Waals surface area (Å²) in [5.74, 6) is 1.10. The van der Waals surface area contributed by atoms with E-state index in [1.807, 2.05) is 25.1 Å². The highest BCUT2D eigenvalue weighted by molar-refractivity contribution is 6.32. The largest absolute Gasteiger partial charge is 0.490 e. The van der Waals surface area contributed by atoms with Crippen molar-refractivity contribution in [2.75, 3.05) is 19.8 Å². The molecule has 0 spiro atoms. The molecule has 94 valence electrons. The topological polar surface area (TPSA) is 44.5 Å². The van der Waals surface area contributed by atoms with Crippen molar-refractivity contribution in [3.63, 3.8) is 0 Å². The normalized spacial score (nSPS) is 21.5. The highest BCUT2D eigenvalue weighted by Gasteiger charge is 2.23. The first-order valence-corrected chi connectivity index (χ1v) is 6.27. The highest BCUT2D eigenvalue weighted by atomic mass is 35.5. The molecule has 2 atom stereocenters. The molecule has 1 aliphatic rings. The van der Waals surface area contributed by atoms with Gasteiger partial charge in [-0.05, 0) is 31.0 Å². The van der Waals surface area contributed by atoms with Crippen LogP contribution in [0.3, 0.4) is 0 Å². The van der Waals surface area contributed by atoms with Gasteiger partial charge < -0.3 is 15.2 Å². The van der Waals surface area contributed by atoms with Crippen molar-refractivity contribution in [2.24, 2.45) is 11.7 Å². The average molecular weight is 256 g/mol. The minimum absolute atomic E-state index is 0.00914. The Labute approximate surface area is 107 Å². The smallest absolute Gasteiger partial charge is 0.137 e. The van der Waals surface area contributed by atoms with Gasteiger partial charge in [-0.2, -0.15) is 0 Å². The van der Waals surface area contributed by atoms with Crippen LogP contribution in [0.5, 0.6) is 5.75 Å². The highest BCUT2D eigenvalue weighted by Crippen LogP contribution is 2.26. The summed E-state index contributed by atoms with van der Waals surface area (Å²) in [6.45, 7) is 4.03. The standard InChI is InChI=1S/C13H18ClNO2/c1-9-2-3-13(11(14)6-9)17-8-12(15)10-4-5-16-7-10/h2-3,6,10,12H,4-5,7-8,15H2,1H3. The van der Waals surface area contributed by atoms with E-state index < -0.39 is 0 Å². The van der Waals surface area contributed by atoms with Crippen LogP contribution >= 0.6 is 11.6 Å². The van der Waals surface area contributed by atoms with Crippen LogP contribution in [-0.4, -0.2) is 25.9 Å². The van der Waals surface area contributed by atoms with Gasteiger partial charge >= 0.3 is 0 Å². The number of ether oxygens (including phenoxy) is 2. The van der Waals surface area contributed by atoms with Gasteiger partial charge in [0.25, 0.3) is 0 Å². The monoisotopic (exact) mass is 255 g/mol. The minimum Gasteiger partial charge on any atom is -0.490 e. The number of nitrogens with two attached hydrogens (primary N) is 1. The van der Waals surface area contributed by atoms with Crippen LogP contribution in [0.2, 0.25) is 5.02 Å². The number of rotatable bonds is 4. The first-order valence-electron chi connectivity index (χ1n) is 5.89. The van der Waals surface area contributed by atoms with Gasteiger partial charge in [-0.3, -0.25) is 0 Å². The Morgan fingerprint density at radius 1 is 1.59 bits per heavy atom. The van der Waals surface area contributed by atoms with Crippen molar-refractivity contribution >= 4 is 11.6 Å². The molecular weight excluding hydrogens is 238 g/mol. The maximum absolute atomic E-state index is 6.08. The van der Waals surface area contributed by atoms with E-state index in [0.717, 1.165) is 25.2 Å². The Morgan fingerprint density at radius 3 is 3.06 bits per heavy atom. The van der Waals surface area contributed by atoms with Gasteiger partial charge in [-0.15, -0.1) is 0 Å². The Morgan fingerprint density at radius 2 is 2.41 bits per heavy atom. The molecule has 1 saturated heterocycles. The Kier molecular flexibility index (Phi) is 4.26. The van der Waals surface area contributed by atoms with E-state index in [1.54, 1.807) is 0 Å². The van der Waals surface area contributed by atoms with Crippen molar-refractivity contribution in [1.82, 2.24) is 0 Å². The summed E-state index contributed by atoms with van der Waals surface area (Å²) < 4.78 is 11.0. The summed E-state index contributed by atoms with van der Waals surface area (Å²) in [6.07, 6.45) is 1.02. The fraction of sp³-hybridized carbons (Fsp3) is 0.538. The molecule has 0 aliphatic carbocycles. The van der Waals surface area contributed by atoms with Crippen LogP contribution in [0.25, 0.3) is 0 Å². The summed E-state index contributed by atoms with van der Waals surface area (Å²) in [5.41, 5.74) is 7.18. The second-order valence-electron chi connectivity index (χ2n) is 4.53.